The number of ketones is 1. The van der Waals surface area contributed by atoms with E-state index in [1.165, 1.54) is 0 Å². The van der Waals surface area contributed by atoms with Crippen LogP contribution in [-0.4, -0.2) is 153 Å². The lowest BCUT2D eigenvalue weighted by atomic mass is 9.98. The number of likely N-dealkylation sites (tertiary alicyclic amines) is 1. The standard InChI is InChI=1S/C50H66N8O16/c1-7-12-34(43(66)48(71)51-22-40(64)65)54-46(69)37-21-28(53-50(73)74-24-33-31-15-10-8-13-29(31)30-14-9-11-16-32(30)33)23-58(37)49(72)42(26(4)5)57-47(70)41(25(2)3)56-45(68)36(18-20-39(62)63)55-44(67)35(52-27(6)59)17-19-38(60)61/h8-11,13-16,25-26,28,33-37,41-42H,7,12,17-24H2,1-6H3,(H,51,71)(H,52,59)(H,53,73)(H,54,69)(H,55,67)(H,56,68)(H,57,70)(H,60,61)(H,62,63)(H,64,65). The molecule has 7 atom stereocenters. The second-order valence-electron chi connectivity index (χ2n) is 18.8. The maximum absolute atomic E-state index is 14.8. The van der Waals surface area contributed by atoms with E-state index >= 15 is 0 Å². The molecule has 1 fully saturated rings. The Kier molecular flexibility index (Phi) is 21.6. The zero-order chi connectivity index (χ0) is 55.0. The van der Waals surface area contributed by atoms with Gasteiger partial charge in [-0.15, -0.1) is 0 Å². The van der Waals surface area contributed by atoms with Crippen LogP contribution in [0.15, 0.2) is 48.5 Å². The number of nitrogens with zero attached hydrogens (tertiary/aromatic N) is 1. The lowest BCUT2D eigenvalue weighted by molar-refractivity contribution is -0.145. The summed E-state index contributed by atoms with van der Waals surface area (Å²) in [7, 11) is 0. The highest BCUT2D eigenvalue weighted by atomic mass is 16.5. The molecule has 2 aliphatic rings. The molecule has 1 aliphatic carbocycles. The van der Waals surface area contributed by atoms with Crippen molar-refractivity contribution in [2.75, 3.05) is 19.7 Å². The summed E-state index contributed by atoms with van der Waals surface area (Å²) in [6.45, 7) is 7.79. The fourth-order valence-electron chi connectivity index (χ4n) is 8.78. The number of alkyl carbamates (subject to hydrolysis) is 1. The lowest BCUT2D eigenvalue weighted by Gasteiger charge is -2.33. The number of amides is 8. The first-order valence-corrected chi connectivity index (χ1v) is 24.3. The van der Waals surface area contributed by atoms with E-state index in [0.717, 1.165) is 34.1 Å². The molecule has 10 N–H and O–H groups in total. The molecule has 402 valence electrons. The molecule has 0 spiro atoms. The number of benzene rings is 2. The van der Waals surface area contributed by atoms with Crippen LogP contribution in [0.1, 0.15) is 104 Å². The Bertz CT molecular complexity index is 2420. The quantitative estimate of drug-likeness (QED) is 0.0546. The van der Waals surface area contributed by atoms with E-state index in [1.807, 2.05) is 53.8 Å². The molecule has 2 aromatic carbocycles. The van der Waals surface area contributed by atoms with E-state index in [1.54, 1.807) is 34.6 Å². The SMILES string of the molecule is CCCC(NC(=O)C1CC(NC(=O)OCC2c3ccccc3-c3ccccc32)CN1C(=O)C(NC(=O)C(NC(=O)C(CCC(=O)O)NC(=O)C(CCC(=O)O)NC(C)=O)C(C)C)C(C)C)C(=O)C(=O)NCC(=O)O. The molecule has 0 saturated carbocycles. The van der Waals surface area contributed by atoms with Crippen LogP contribution in [0.2, 0.25) is 0 Å². The van der Waals surface area contributed by atoms with Crippen LogP contribution < -0.4 is 37.2 Å². The Morgan fingerprint density at radius 1 is 0.649 bits per heavy atom. The minimum Gasteiger partial charge on any atom is -0.481 e. The zero-order valence-corrected chi connectivity index (χ0v) is 42.1. The second kappa shape index (κ2) is 27.2. The molecule has 0 radical (unpaired) electrons. The van der Waals surface area contributed by atoms with Gasteiger partial charge in [0, 0.05) is 32.2 Å². The largest absolute Gasteiger partial charge is 0.481 e. The van der Waals surface area contributed by atoms with Gasteiger partial charge in [0.1, 0.15) is 43.4 Å². The van der Waals surface area contributed by atoms with E-state index in [4.69, 9.17) is 14.9 Å². The summed E-state index contributed by atoms with van der Waals surface area (Å²) in [6, 6.07) is 5.71. The number of carbonyl (C=O) groups is 12. The fraction of sp³-hybridized carbons (Fsp3) is 0.520. The summed E-state index contributed by atoms with van der Waals surface area (Å²) in [4.78, 5) is 157. The Balaban J connectivity index is 1.58. The van der Waals surface area contributed by atoms with Gasteiger partial charge in [-0.1, -0.05) is 89.6 Å². The average Bonchev–Trinajstić information content (AvgIpc) is 3.91. The topological polar surface area (TPSA) is 362 Å². The summed E-state index contributed by atoms with van der Waals surface area (Å²) in [5.41, 5.74) is 3.90. The van der Waals surface area contributed by atoms with Crippen LogP contribution >= 0.6 is 0 Å². The van der Waals surface area contributed by atoms with Gasteiger partial charge in [-0.2, -0.15) is 0 Å². The van der Waals surface area contributed by atoms with Gasteiger partial charge in [0.05, 0.1) is 12.1 Å². The highest BCUT2D eigenvalue weighted by Gasteiger charge is 2.45. The molecule has 0 aromatic heterocycles. The Hall–Kier alpha value is -7.92. The number of carboxylic acid groups (broad SMARTS) is 3. The van der Waals surface area contributed by atoms with Crippen molar-refractivity contribution in [2.24, 2.45) is 11.8 Å². The van der Waals surface area contributed by atoms with Crippen LogP contribution in [0, 0.1) is 11.8 Å². The predicted octanol–water partition coefficient (Wildman–Crippen LogP) is 0.550. The van der Waals surface area contributed by atoms with Crippen LogP contribution in [0.3, 0.4) is 0 Å². The van der Waals surface area contributed by atoms with E-state index in [2.05, 4.69) is 31.9 Å². The van der Waals surface area contributed by atoms with Gasteiger partial charge in [-0.3, -0.25) is 52.7 Å². The first-order valence-electron chi connectivity index (χ1n) is 24.3. The van der Waals surface area contributed by atoms with Crippen molar-refractivity contribution in [1.29, 1.82) is 0 Å². The summed E-state index contributed by atoms with van der Waals surface area (Å²) < 4.78 is 5.75. The number of hydrogen-bond donors (Lipinski definition) is 10. The first-order chi connectivity index (χ1) is 34.9. The van der Waals surface area contributed by atoms with E-state index in [9.17, 15) is 62.6 Å². The fourth-order valence-corrected chi connectivity index (χ4v) is 8.78. The van der Waals surface area contributed by atoms with Crippen LogP contribution in [0.4, 0.5) is 4.79 Å². The summed E-state index contributed by atoms with van der Waals surface area (Å²) >= 11 is 0. The number of nitrogens with one attached hydrogen (secondary N) is 7. The molecule has 1 heterocycles. The number of hydrogen-bond acceptors (Lipinski definition) is 13. The molecule has 24 nitrogen and oxygen atoms in total. The predicted molar refractivity (Wildman–Crippen MR) is 261 cm³/mol. The van der Waals surface area contributed by atoms with Gasteiger partial charge in [0.2, 0.25) is 41.2 Å². The molecule has 1 aliphatic heterocycles. The Morgan fingerprint density at radius 3 is 1.69 bits per heavy atom. The lowest BCUT2D eigenvalue weighted by Crippen LogP contribution is -2.61. The molecule has 1 saturated heterocycles. The van der Waals surface area contributed by atoms with Crippen molar-refractivity contribution in [3.05, 3.63) is 59.7 Å². The van der Waals surface area contributed by atoms with Crippen molar-refractivity contribution in [3.63, 3.8) is 0 Å². The number of carboxylic acids is 3. The van der Waals surface area contributed by atoms with Crippen LogP contribution in [-0.2, 0) is 57.5 Å². The van der Waals surface area contributed by atoms with Crippen LogP contribution in [0.5, 0.6) is 0 Å². The van der Waals surface area contributed by atoms with Gasteiger partial charge in [-0.05, 0) is 59.8 Å². The van der Waals surface area contributed by atoms with Crippen molar-refractivity contribution in [2.45, 2.75) is 135 Å². The Labute approximate surface area is 426 Å². The normalized spacial score (nSPS) is 16.7. The molecule has 7 unspecified atom stereocenters. The zero-order valence-electron chi connectivity index (χ0n) is 42.1. The number of fused-ring (bicyclic) bond motifs is 3. The van der Waals surface area contributed by atoms with Gasteiger partial charge in [0.25, 0.3) is 5.91 Å². The van der Waals surface area contributed by atoms with Crippen molar-refractivity contribution in [3.8, 4) is 11.1 Å². The number of aliphatic carboxylic acids is 3. The number of ether oxygens (including phenoxy) is 1. The highest BCUT2D eigenvalue weighted by molar-refractivity contribution is 6.38. The van der Waals surface area contributed by atoms with Crippen LogP contribution in [0.25, 0.3) is 11.1 Å². The third kappa shape index (κ3) is 16.3. The number of rotatable bonds is 27. The molecule has 24 heteroatoms. The third-order valence-corrected chi connectivity index (χ3v) is 12.5. The van der Waals surface area contributed by atoms with Crippen molar-refractivity contribution in [1.82, 2.24) is 42.1 Å². The highest BCUT2D eigenvalue weighted by Crippen LogP contribution is 2.44. The minimum atomic E-state index is -1.60. The minimum absolute atomic E-state index is 0.0540. The molecule has 74 heavy (non-hydrogen) atoms. The maximum atomic E-state index is 14.8. The second-order valence-corrected chi connectivity index (χ2v) is 18.8. The number of Topliss-reactive ketones (excluding diaryl/α,β-unsaturated/α-hetero) is 1. The number of carbonyl (C=O) groups excluding carboxylic acids is 9. The summed E-state index contributed by atoms with van der Waals surface area (Å²) in [5.74, 6) is -13.5. The monoisotopic (exact) mass is 1030 g/mol. The van der Waals surface area contributed by atoms with E-state index < -0.39 is 151 Å². The van der Waals surface area contributed by atoms with Crippen molar-refractivity contribution < 1.29 is 77.6 Å². The molecule has 0 bridgehead atoms. The third-order valence-electron chi connectivity index (χ3n) is 12.5. The molecular formula is C50H66N8O16. The summed E-state index contributed by atoms with van der Waals surface area (Å²) in [5, 5.41) is 44.6. The van der Waals surface area contributed by atoms with Gasteiger partial charge >= 0.3 is 24.0 Å². The van der Waals surface area contributed by atoms with Gasteiger partial charge < -0.3 is 62.2 Å². The summed E-state index contributed by atoms with van der Waals surface area (Å²) in [6.07, 6.45) is -2.89. The molecular weight excluding hydrogens is 969 g/mol. The van der Waals surface area contributed by atoms with E-state index in [0.29, 0.717) is 0 Å². The molecule has 4 rings (SSSR count). The Morgan fingerprint density at radius 2 is 1.18 bits per heavy atom. The first kappa shape index (κ1) is 58.6. The van der Waals surface area contributed by atoms with Gasteiger partial charge in [0.15, 0.2) is 0 Å². The molecule has 8 amide bonds. The van der Waals surface area contributed by atoms with E-state index in [-0.39, 0.29) is 44.8 Å². The van der Waals surface area contributed by atoms with Crippen molar-refractivity contribution >= 4 is 71.1 Å². The van der Waals surface area contributed by atoms with Gasteiger partial charge in [-0.25, -0.2) is 4.79 Å². The average molecular weight is 1040 g/mol. The smallest absolute Gasteiger partial charge is 0.407 e. The molecule has 2 aromatic rings. The maximum Gasteiger partial charge on any atom is 0.407 e.